The molecule has 8 N–H and O–H groups in total. The molecule has 3 aromatic carbocycles. The van der Waals surface area contributed by atoms with Crippen molar-refractivity contribution in [2.45, 2.75) is 55.1 Å². The zero-order chi connectivity index (χ0) is 32.9. The summed E-state index contributed by atoms with van der Waals surface area (Å²) in [4.78, 5) is 12.9. The summed E-state index contributed by atoms with van der Waals surface area (Å²) >= 11 is 0. The Hall–Kier alpha value is -4.35. The number of fused-ring (bicyclic) bond motifs is 2. The van der Waals surface area contributed by atoms with Crippen molar-refractivity contribution in [2.75, 3.05) is 20.3 Å². The molecule has 3 aromatic rings. The summed E-state index contributed by atoms with van der Waals surface area (Å²) < 4.78 is 34.8. The van der Waals surface area contributed by atoms with Crippen LogP contribution in [0.15, 0.2) is 48.5 Å². The molecule has 46 heavy (non-hydrogen) atoms. The summed E-state index contributed by atoms with van der Waals surface area (Å²) in [6.45, 7) is -0.932. The molecular formula is C31H32O15. The van der Waals surface area contributed by atoms with Crippen molar-refractivity contribution < 1.29 is 74.1 Å². The average Bonchev–Trinajstić information content (AvgIpc) is 3.04. The number of methoxy groups -OCH3 is 1. The van der Waals surface area contributed by atoms with E-state index in [9.17, 15) is 45.6 Å². The number of ketones is 1. The van der Waals surface area contributed by atoms with Crippen LogP contribution in [-0.2, 0) is 9.47 Å². The molecule has 3 aliphatic rings. The fourth-order valence-electron chi connectivity index (χ4n) is 5.66. The first kappa shape index (κ1) is 31.6. The van der Waals surface area contributed by atoms with Crippen molar-refractivity contribution in [3.63, 3.8) is 0 Å². The number of benzene rings is 3. The molecule has 1 saturated heterocycles. The highest BCUT2D eigenvalue weighted by Gasteiger charge is 2.45. The van der Waals surface area contributed by atoms with Crippen LogP contribution in [0.4, 0.5) is 0 Å². The van der Waals surface area contributed by atoms with Gasteiger partial charge >= 0.3 is 0 Å². The average molecular weight is 645 g/mol. The first-order chi connectivity index (χ1) is 22.0. The molecule has 6 rings (SSSR count). The summed E-state index contributed by atoms with van der Waals surface area (Å²) in [5, 5.41) is 81.2. The SMILES string of the molecule is COc1cc(C2Oc3cc([C@H]4Oc5cc(O)cc(O)c5C(=O)[C@@H]4O)ccc3OC2CO[C@@H]2O[C@H](CO)[C@@H](O)[C@H](O)[C@H]2O)ccc1O. The molecule has 1 fully saturated rings. The van der Waals surface area contributed by atoms with Crippen molar-refractivity contribution >= 4 is 5.78 Å². The molecule has 2 unspecified atom stereocenters. The van der Waals surface area contributed by atoms with Gasteiger partial charge in [-0.2, -0.15) is 0 Å². The van der Waals surface area contributed by atoms with Crippen molar-refractivity contribution in [1.82, 2.24) is 0 Å². The lowest BCUT2D eigenvalue weighted by atomic mass is 9.92. The molecule has 3 heterocycles. The lowest BCUT2D eigenvalue weighted by Crippen LogP contribution is -2.59. The Kier molecular flexibility index (Phi) is 8.56. The van der Waals surface area contributed by atoms with Gasteiger partial charge in [0.15, 0.2) is 53.7 Å². The Labute approximate surface area is 260 Å². The molecule has 0 aliphatic carbocycles. The number of aliphatic hydroxyl groups is 5. The largest absolute Gasteiger partial charge is 0.508 e. The van der Waals surface area contributed by atoms with Crippen LogP contribution in [0.1, 0.15) is 33.7 Å². The Morgan fingerprint density at radius 2 is 1.46 bits per heavy atom. The van der Waals surface area contributed by atoms with E-state index in [1.165, 1.54) is 37.4 Å². The Bertz CT molecular complexity index is 1610. The summed E-state index contributed by atoms with van der Waals surface area (Å²) in [6.07, 6.45) is -12.3. The van der Waals surface area contributed by atoms with Crippen LogP contribution in [0.2, 0.25) is 0 Å². The highest BCUT2D eigenvalue weighted by molar-refractivity contribution is 6.05. The van der Waals surface area contributed by atoms with Gasteiger partial charge in [-0.05, 0) is 29.8 Å². The maximum absolute atomic E-state index is 12.9. The quantitative estimate of drug-likeness (QED) is 0.171. The number of Topliss-reactive ketones (excluding diaryl/α,β-unsaturated/α-hetero) is 1. The molecule has 0 amide bonds. The number of hydrogen-bond acceptors (Lipinski definition) is 15. The molecule has 9 atom stereocenters. The van der Waals surface area contributed by atoms with Crippen molar-refractivity contribution in [2.24, 2.45) is 0 Å². The second kappa shape index (κ2) is 12.4. The highest BCUT2D eigenvalue weighted by Crippen LogP contribution is 2.46. The van der Waals surface area contributed by atoms with Gasteiger partial charge < -0.3 is 69.3 Å². The molecule has 0 radical (unpaired) electrons. The van der Waals surface area contributed by atoms with E-state index in [0.29, 0.717) is 11.1 Å². The predicted octanol–water partition coefficient (Wildman–Crippen LogP) is 0.187. The van der Waals surface area contributed by atoms with Gasteiger partial charge in [-0.3, -0.25) is 4.79 Å². The van der Waals surface area contributed by atoms with Gasteiger partial charge in [-0.15, -0.1) is 0 Å². The minimum Gasteiger partial charge on any atom is -0.508 e. The summed E-state index contributed by atoms with van der Waals surface area (Å²) in [5.41, 5.74) is 0.509. The highest BCUT2D eigenvalue weighted by atomic mass is 16.7. The molecule has 0 spiro atoms. The molecule has 246 valence electrons. The van der Waals surface area contributed by atoms with Crippen LogP contribution in [0, 0.1) is 0 Å². The maximum Gasteiger partial charge on any atom is 0.202 e. The van der Waals surface area contributed by atoms with Crippen LogP contribution >= 0.6 is 0 Å². The summed E-state index contributed by atoms with van der Waals surface area (Å²) in [6, 6.07) is 11.1. The molecule has 0 aromatic heterocycles. The van der Waals surface area contributed by atoms with Crippen LogP contribution in [0.5, 0.6) is 40.2 Å². The van der Waals surface area contributed by atoms with E-state index in [1.54, 1.807) is 6.07 Å². The minimum atomic E-state index is -1.71. The van der Waals surface area contributed by atoms with E-state index >= 15 is 0 Å². The Morgan fingerprint density at radius 3 is 2.20 bits per heavy atom. The van der Waals surface area contributed by atoms with Gasteiger partial charge in [-0.25, -0.2) is 0 Å². The Morgan fingerprint density at radius 1 is 0.739 bits per heavy atom. The van der Waals surface area contributed by atoms with Gasteiger partial charge in [0.25, 0.3) is 0 Å². The van der Waals surface area contributed by atoms with Crippen molar-refractivity contribution in [3.8, 4) is 40.2 Å². The smallest absolute Gasteiger partial charge is 0.202 e. The molecule has 15 nitrogen and oxygen atoms in total. The van der Waals surface area contributed by atoms with Gasteiger partial charge in [-0.1, -0.05) is 12.1 Å². The van der Waals surface area contributed by atoms with Gasteiger partial charge in [0.05, 0.1) is 20.3 Å². The van der Waals surface area contributed by atoms with E-state index in [2.05, 4.69) is 0 Å². The van der Waals surface area contributed by atoms with Gasteiger partial charge in [0, 0.05) is 17.7 Å². The van der Waals surface area contributed by atoms with E-state index in [0.717, 1.165) is 12.1 Å². The lowest BCUT2D eigenvalue weighted by Gasteiger charge is -2.41. The molecular weight excluding hydrogens is 612 g/mol. The number of aliphatic hydroxyl groups excluding tert-OH is 5. The van der Waals surface area contributed by atoms with Crippen LogP contribution in [0.25, 0.3) is 0 Å². The monoisotopic (exact) mass is 644 g/mol. The molecule has 3 aliphatic heterocycles. The number of phenols is 3. The molecule has 0 saturated carbocycles. The topological polar surface area (TPSA) is 234 Å². The zero-order valence-electron chi connectivity index (χ0n) is 24.2. The summed E-state index contributed by atoms with van der Waals surface area (Å²) in [7, 11) is 1.37. The fraction of sp³-hybridized carbons (Fsp3) is 0.387. The molecule has 0 bridgehead atoms. The first-order valence-corrected chi connectivity index (χ1v) is 14.2. The number of phenolic OH excluding ortho intramolecular Hbond substituents is 3. The van der Waals surface area contributed by atoms with E-state index < -0.39 is 73.3 Å². The van der Waals surface area contributed by atoms with Crippen molar-refractivity contribution in [1.29, 1.82) is 0 Å². The standard InChI is InChI=1S/C31H32O15/c1-41-18-6-12(2-4-15(18)34)29-22(11-42-31-28(40)26(38)24(36)21(10-32)46-31)43-17-5-3-13(7-19(17)44-29)30-27(39)25(37)23-16(35)8-14(33)9-20(23)45-30/h2-9,21-22,24,26-36,38-40H,10-11H2,1H3/t21-,22?,24-,26+,27+,28-,29?,30-,31-/m1/s1. The lowest BCUT2D eigenvalue weighted by molar-refractivity contribution is -0.305. The number of carbonyl (C=O) groups is 1. The number of hydrogen-bond donors (Lipinski definition) is 8. The third kappa shape index (κ3) is 5.62. The second-order valence-corrected chi connectivity index (χ2v) is 11.0. The zero-order valence-corrected chi connectivity index (χ0v) is 24.2. The summed E-state index contributed by atoms with van der Waals surface area (Å²) in [5.74, 6) is -1.41. The van der Waals surface area contributed by atoms with Crippen LogP contribution < -0.4 is 18.9 Å². The molecule has 15 heteroatoms. The van der Waals surface area contributed by atoms with E-state index in [-0.39, 0.29) is 46.7 Å². The first-order valence-electron chi connectivity index (χ1n) is 14.2. The van der Waals surface area contributed by atoms with Crippen LogP contribution in [0.3, 0.4) is 0 Å². The number of ether oxygens (including phenoxy) is 6. The Balaban J connectivity index is 1.30. The van der Waals surface area contributed by atoms with E-state index in [1.807, 2.05) is 0 Å². The fourth-order valence-corrected chi connectivity index (χ4v) is 5.66. The number of carbonyl (C=O) groups excluding carboxylic acids is 1. The maximum atomic E-state index is 12.9. The minimum absolute atomic E-state index is 0.118. The van der Waals surface area contributed by atoms with Gasteiger partial charge in [0.2, 0.25) is 5.78 Å². The third-order valence-corrected chi connectivity index (χ3v) is 8.09. The number of aromatic hydroxyl groups is 3. The van der Waals surface area contributed by atoms with Crippen molar-refractivity contribution in [3.05, 3.63) is 65.2 Å². The third-order valence-electron chi connectivity index (χ3n) is 8.09. The van der Waals surface area contributed by atoms with Crippen LogP contribution in [-0.4, -0.2) is 110 Å². The second-order valence-electron chi connectivity index (χ2n) is 11.0. The predicted molar refractivity (Wildman–Crippen MR) is 152 cm³/mol. The van der Waals surface area contributed by atoms with E-state index in [4.69, 9.17) is 28.4 Å². The normalized spacial score (nSPS) is 30.3. The number of rotatable bonds is 7. The van der Waals surface area contributed by atoms with Gasteiger partial charge in [0.1, 0.15) is 47.2 Å².